The Morgan fingerprint density at radius 1 is 1.52 bits per heavy atom. The molecule has 2 rings (SSSR count). The van der Waals surface area contributed by atoms with Crippen molar-refractivity contribution < 1.29 is 9.90 Å². The van der Waals surface area contributed by atoms with Crippen LogP contribution in [0.15, 0.2) is 34.9 Å². The molecule has 0 aliphatic carbocycles. The Morgan fingerprint density at radius 2 is 2.29 bits per heavy atom. The van der Waals surface area contributed by atoms with Crippen LogP contribution in [0.2, 0.25) is 0 Å². The molecule has 1 amide bonds. The standard InChI is InChI=1S/C16H18N2O2S/c1-3-10(2)13-14(19)15(16(20)18-13)21-9-12-6-4-5-11(7-12)8-17/h4-7,10,13,19H,3,9H2,1-2H3,(H,18,20). The highest BCUT2D eigenvalue weighted by Gasteiger charge is 2.34. The average molecular weight is 302 g/mol. The molecule has 1 aliphatic heterocycles. The van der Waals surface area contributed by atoms with E-state index >= 15 is 0 Å². The monoisotopic (exact) mass is 302 g/mol. The van der Waals surface area contributed by atoms with Crippen LogP contribution in [-0.2, 0) is 10.5 Å². The molecule has 21 heavy (non-hydrogen) atoms. The van der Waals surface area contributed by atoms with Gasteiger partial charge in [0.15, 0.2) is 0 Å². The minimum Gasteiger partial charge on any atom is -0.509 e. The van der Waals surface area contributed by atoms with Crippen LogP contribution in [-0.4, -0.2) is 17.1 Å². The summed E-state index contributed by atoms with van der Waals surface area (Å²) in [6.07, 6.45) is 0.886. The van der Waals surface area contributed by atoms with E-state index in [0.29, 0.717) is 16.2 Å². The summed E-state index contributed by atoms with van der Waals surface area (Å²) in [5.41, 5.74) is 1.55. The van der Waals surface area contributed by atoms with Crippen LogP contribution < -0.4 is 5.32 Å². The zero-order valence-corrected chi connectivity index (χ0v) is 12.9. The van der Waals surface area contributed by atoms with Gasteiger partial charge in [0.2, 0.25) is 0 Å². The third-order valence-electron chi connectivity index (χ3n) is 3.67. The van der Waals surface area contributed by atoms with Crippen molar-refractivity contribution in [2.75, 3.05) is 0 Å². The Bertz CT molecular complexity index is 619. The van der Waals surface area contributed by atoms with Crippen molar-refractivity contribution in [3.63, 3.8) is 0 Å². The number of nitriles is 1. The van der Waals surface area contributed by atoms with Crippen molar-refractivity contribution in [2.24, 2.45) is 5.92 Å². The molecule has 4 nitrogen and oxygen atoms in total. The molecule has 2 N–H and O–H groups in total. The lowest BCUT2D eigenvalue weighted by Gasteiger charge is -2.17. The van der Waals surface area contributed by atoms with Gasteiger partial charge in [-0.25, -0.2) is 0 Å². The van der Waals surface area contributed by atoms with Gasteiger partial charge in [-0.15, -0.1) is 11.8 Å². The molecule has 2 atom stereocenters. The number of amides is 1. The van der Waals surface area contributed by atoms with E-state index in [9.17, 15) is 9.90 Å². The second-order valence-corrected chi connectivity index (χ2v) is 6.14. The molecule has 110 valence electrons. The van der Waals surface area contributed by atoms with Crippen LogP contribution in [0.5, 0.6) is 0 Å². The number of thioether (sulfide) groups is 1. The molecule has 1 aliphatic rings. The highest BCUT2D eigenvalue weighted by Crippen LogP contribution is 2.32. The van der Waals surface area contributed by atoms with Gasteiger partial charge in [0.1, 0.15) is 10.7 Å². The van der Waals surface area contributed by atoms with Crippen molar-refractivity contribution in [2.45, 2.75) is 32.1 Å². The lowest BCUT2D eigenvalue weighted by Crippen LogP contribution is -2.34. The highest BCUT2D eigenvalue weighted by molar-refractivity contribution is 8.03. The van der Waals surface area contributed by atoms with Crippen molar-refractivity contribution in [3.8, 4) is 6.07 Å². The van der Waals surface area contributed by atoms with E-state index < -0.39 is 0 Å². The van der Waals surface area contributed by atoms with Gasteiger partial charge in [0.25, 0.3) is 5.91 Å². The molecule has 5 heteroatoms. The second kappa shape index (κ2) is 6.68. The summed E-state index contributed by atoms with van der Waals surface area (Å²) in [5, 5.41) is 21.9. The maximum absolute atomic E-state index is 12.0. The third-order valence-corrected chi connectivity index (χ3v) is 4.83. The first kappa shape index (κ1) is 15.5. The van der Waals surface area contributed by atoms with Crippen molar-refractivity contribution >= 4 is 17.7 Å². The lowest BCUT2D eigenvalue weighted by molar-refractivity contribution is -0.116. The molecule has 0 spiro atoms. The van der Waals surface area contributed by atoms with Gasteiger partial charge in [-0.2, -0.15) is 5.26 Å². The Balaban J connectivity index is 2.10. The third kappa shape index (κ3) is 3.40. The van der Waals surface area contributed by atoms with E-state index in [2.05, 4.69) is 11.4 Å². The quantitative estimate of drug-likeness (QED) is 0.876. The van der Waals surface area contributed by atoms with Gasteiger partial charge >= 0.3 is 0 Å². The van der Waals surface area contributed by atoms with Crippen LogP contribution in [0.1, 0.15) is 31.4 Å². The number of benzene rings is 1. The van der Waals surface area contributed by atoms with Crippen LogP contribution in [0.4, 0.5) is 0 Å². The number of rotatable bonds is 5. The predicted molar refractivity (Wildman–Crippen MR) is 83.5 cm³/mol. The average Bonchev–Trinajstić information content (AvgIpc) is 2.79. The van der Waals surface area contributed by atoms with E-state index in [1.165, 1.54) is 11.8 Å². The molecule has 0 fully saturated rings. The normalized spacial score (nSPS) is 19.3. The summed E-state index contributed by atoms with van der Waals surface area (Å²) in [4.78, 5) is 12.3. The fraction of sp³-hybridized carbons (Fsp3) is 0.375. The van der Waals surface area contributed by atoms with Gasteiger partial charge in [-0.3, -0.25) is 4.79 Å². The molecule has 0 saturated heterocycles. The fourth-order valence-electron chi connectivity index (χ4n) is 2.21. The number of aliphatic hydroxyl groups excluding tert-OH is 1. The topological polar surface area (TPSA) is 73.1 Å². The Labute approximate surface area is 128 Å². The van der Waals surface area contributed by atoms with Crippen LogP contribution in [0.3, 0.4) is 0 Å². The Kier molecular flexibility index (Phi) is 4.92. The zero-order chi connectivity index (χ0) is 15.4. The van der Waals surface area contributed by atoms with Gasteiger partial charge in [0, 0.05) is 5.75 Å². The van der Waals surface area contributed by atoms with Crippen LogP contribution in [0, 0.1) is 17.2 Å². The van der Waals surface area contributed by atoms with E-state index in [4.69, 9.17) is 5.26 Å². The fourth-order valence-corrected chi connectivity index (χ4v) is 3.16. The maximum Gasteiger partial charge on any atom is 0.261 e. The molecule has 2 unspecified atom stereocenters. The number of carbonyl (C=O) groups excluding carboxylic acids is 1. The number of nitrogens with zero attached hydrogens (tertiary/aromatic N) is 1. The van der Waals surface area contributed by atoms with E-state index in [1.807, 2.05) is 26.0 Å². The molecule has 0 bridgehead atoms. The lowest BCUT2D eigenvalue weighted by atomic mass is 9.99. The molecule has 0 aromatic heterocycles. The van der Waals surface area contributed by atoms with Gasteiger partial charge in [-0.1, -0.05) is 32.4 Å². The summed E-state index contributed by atoms with van der Waals surface area (Å²) in [7, 11) is 0. The van der Waals surface area contributed by atoms with Gasteiger partial charge in [-0.05, 0) is 23.6 Å². The summed E-state index contributed by atoms with van der Waals surface area (Å²) in [5.74, 6) is 0.694. The van der Waals surface area contributed by atoms with Gasteiger partial charge in [0.05, 0.1) is 17.7 Å². The predicted octanol–water partition coefficient (Wildman–Crippen LogP) is 3.11. The number of nitrogens with one attached hydrogen (secondary N) is 1. The number of hydrogen-bond acceptors (Lipinski definition) is 4. The molecule has 1 aromatic rings. The smallest absolute Gasteiger partial charge is 0.261 e. The van der Waals surface area contributed by atoms with Crippen LogP contribution in [0.25, 0.3) is 0 Å². The number of hydrogen-bond donors (Lipinski definition) is 2. The minimum absolute atomic E-state index is 0.149. The van der Waals surface area contributed by atoms with E-state index in [0.717, 1.165) is 12.0 Å². The first-order chi connectivity index (χ1) is 10.1. The second-order valence-electron chi connectivity index (χ2n) is 5.15. The van der Waals surface area contributed by atoms with Crippen molar-refractivity contribution in [1.82, 2.24) is 5.32 Å². The zero-order valence-electron chi connectivity index (χ0n) is 12.1. The van der Waals surface area contributed by atoms with Gasteiger partial charge < -0.3 is 10.4 Å². The van der Waals surface area contributed by atoms with Crippen molar-refractivity contribution in [3.05, 3.63) is 46.1 Å². The Hall–Kier alpha value is -1.93. The number of carbonyl (C=O) groups is 1. The summed E-state index contributed by atoms with van der Waals surface area (Å²) in [6.45, 7) is 4.04. The molecular weight excluding hydrogens is 284 g/mol. The largest absolute Gasteiger partial charge is 0.509 e. The van der Waals surface area contributed by atoms with E-state index in [-0.39, 0.29) is 23.6 Å². The molecular formula is C16H18N2O2S. The Morgan fingerprint density at radius 3 is 2.95 bits per heavy atom. The first-order valence-electron chi connectivity index (χ1n) is 6.92. The molecule has 1 aromatic carbocycles. The molecule has 1 heterocycles. The maximum atomic E-state index is 12.0. The number of aliphatic hydroxyl groups is 1. The summed E-state index contributed by atoms with van der Waals surface area (Å²) >= 11 is 1.31. The highest BCUT2D eigenvalue weighted by atomic mass is 32.2. The van der Waals surface area contributed by atoms with E-state index in [1.54, 1.807) is 12.1 Å². The molecule has 0 radical (unpaired) electrons. The molecule has 0 saturated carbocycles. The summed E-state index contributed by atoms with van der Waals surface area (Å²) < 4.78 is 0. The first-order valence-corrected chi connectivity index (χ1v) is 7.91. The minimum atomic E-state index is -0.282. The van der Waals surface area contributed by atoms with Crippen molar-refractivity contribution in [1.29, 1.82) is 5.26 Å². The SMILES string of the molecule is CCC(C)C1NC(=O)C(SCc2cccc(C#N)c2)=C1O. The van der Waals surface area contributed by atoms with Crippen LogP contribution >= 0.6 is 11.8 Å². The summed E-state index contributed by atoms with van der Waals surface area (Å²) in [6, 6.07) is 9.07.